The van der Waals surface area contributed by atoms with Crippen LogP contribution in [0.5, 0.6) is 0 Å². The normalized spacial score (nSPS) is 12.3. The van der Waals surface area contributed by atoms with Crippen LogP contribution in [-0.4, -0.2) is 19.1 Å². The Morgan fingerprint density at radius 1 is 0.703 bits per heavy atom. The van der Waals surface area contributed by atoms with Gasteiger partial charge in [-0.2, -0.15) is 0 Å². The van der Waals surface area contributed by atoms with Gasteiger partial charge in [0.25, 0.3) is 0 Å². The fourth-order valence-electron chi connectivity index (χ4n) is 5.13. The maximum Gasteiger partial charge on any atom is 0.323 e. The first-order valence-electron chi connectivity index (χ1n) is 12.3. The Balaban J connectivity index is 1.69. The molecule has 4 heteroatoms. The zero-order valence-corrected chi connectivity index (χ0v) is 22.2. The Kier molecular flexibility index (Phi) is 7.50. The quantitative estimate of drug-likeness (QED) is 0.163. The maximum absolute atomic E-state index is 13.4. The van der Waals surface area contributed by atoms with Crippen LogP contribution in [-0.2, 0) is 21.5 Å². The molecular weight excluding hydrogens is 522 g/mol. The van der Waals surface area contributed by atoms with Crippen molar-refractivity contribution in [2.45, 2.75) is 18.0 Å². The average Bonchev–Trinajstić information content (AvgIpc) is 2.97. The molecule has 0 aliphatic heterocycles. The number of fused-ring (bicyclic) bond motifs is 1. The number of rotatable bonds is 8. The van der Waals surface area contributed by atoms with Crippen molar-refractivity contribution in [2.75, 3.05) is 7.11 Å². The van der Waals surface area contributed by atoms with Gasteiger partial charge in [0.1, 0.15) is 6.04 Å². The van der Waals surface area contributed by atoms with Crippen molar-refractivity contribution in [3.63, 3.8) is 0 Å². The van der Waals surface area contributed by atoms with Crippen LogP contribution in [0.15, 0.2) is 132 Å². The molecule has 1 N–H and O–H groups in total. The lowest BCUT2D eigenvalue weighted by Crippen LogP contribution is -2.53. The summed E-state index contributed by atoms with van der Waals surface area (Å²) in [5.74, 6) is -0.306. The van der Waals surface area contributed by atoms with E-state index in [1.165, 1.54) is 7.11 Å². The summed E-state index contributed by atoms with van der Waals surface area (Å²) in [6.07, 6.45) is 0.467. The molecule has 0 amide bonds. The molecule has 0 aliphatic rings. The Morgan fingerprint density at radius 3 is 1.65 bits per heavy atom. The number of carbonyl (C=O) groups is 1. The summed E-state index contributed by atoms with van der Waals surface area (Å²) in [6, 6.07) is 42.6. The molecule has 0 aromatic heterocycles. The van der Waals surface area contributed by atoms with Gasteiger partial charge in [0.05, 0.1) is 12.6 Å². The van der Waals surface area contributed by atoms with Crippen molar-refractivity contribution in [2.24, 2.45) is 0 Å². The number of halogens is 1. The van der Waals surface area contributed by atoms with Crippen LogP contribution in [0, 0.1) is 0 Å². The van der Waals surface area contributed by atoms with Gasteiger partial charge in [-0.3, -0.25) is 10.1 Å². The molecule has 0 heterocycles. The van der Waals surface area contributed by atoms with E-state index in [4.69, 9.17) is 4.74 Å². The SMILES string of the molecule is COC(=O)[C@H](Cc1ccc(Br)c2ccccc12)NC(c1ccccc1)(c1ccccc1)c1ccccc1. The fourth-order valence-corrected chi connectivity index (χ4v) is 5.61. The Bertz CT molecular complexity index is 1390. The Labute approximate surface area is 226 Å². The van der Waals surface area contributed by atoms with Crippen LogP contribution in [0.1, 0.15) is 22.3 Å². The summed E-state index contributed by atoms with van der Waals surface area (Å²) in [4.78, 5) is 13.4. The zero-order valence-electron chi connectivity index (χ0n) is 20.6. The fraction of sp³-hybridized carbons (Fsp3) is 0.121. The third-order valence-corrected chi connectivity index (χ3v) is 7.57. The summed E-state index contributed by atoms with van der Waals surface area (Å²) >= 11 is 3.67. The van der Waals surface area contributed by atoms with Gasteiger partial charge in [-0.05, 0) is 45.5 Å². The second kappa shape index (κ2) is 11.1. The summed E-state index contributed by atoms with van der Waals surface area (Å²) in [5, 5.41) is 6.03. The molecule has 37 heavy (non-hydrogen) atoms. The van der Waals surface area contributed by atoms with E-state index in [1.54, 1.807) is 0 Å². The number of methoxy groups -OCH3 is 1. The highest BCUT2D eigenvalue weighted by atomic mass is 79.9. The Hall–Kier alpha value is -3.73. The van der Waals surface area contributed by atoms with Crippen molar-refractivity contribution in [1.29, 1.82) is 0 Å². The van der Waals surface area contributed by atoms with Crippen LogP contribution in [0.4, 0.5) is 0 Å². The van der Waals surface area contributed by atoms with E-state index in [2.05, 4.69) is 75.8 Å². The van der Waals surface area contributed by atoms with Crippen molar-refractivity contribution >= 4 is 32.7 Å². The van der Waals surface area contributed by atoms with Gasteiger partial charge in [-0.25, -0.2) is 0 Å². The number of ether oxygens (including phenoxy) is 1. The molecule has 5 aromatic rings. The molecule has 0 aliphatic carbocycles. The standard InChI is InChI=1S/C33H28BrNO2/c1-37-32(36)31(23-24-21-22-30(34)29-20-12-11-19-28(24)29)35-33(25-13-5-2-6-14-25,26-15-7-3-8-16-26)27-17-9-4-10-18-27/h2-22,31,35H,23H2,1H3/t31-/m0/s1. The zero-order chi connectivity index (χ0) is 25.7. The van der Waals surface area contributed by atoms with E-state index >= 15 is 0 Å². The molecule has 0 radical (unpaired) electrons. The molecule has 1 atom stereocenters. The highest BCUT2D eigenvalue weighted by Gasteiger charge is 2.40. The molecule has 5 rings (SSSR count). The molecule has 0 spiro atoms. The largest absolute Gasteiger partial charge is 0.468 e. The Morgan fingerprint density at radius 2 is 1.16 bits per heavy atom. The van der Waals surface area contributed by atoms with Gasteiger partial charge in [0.2, 0.25) is 0 Å². The number of hydrogen-bond donors (Lipinski definition) is 1. The maximum atomic E-state index is 13.4. The molecule has 0 bridgehead atoms. The van der Waals surface area contributed by atoms with Gasteiger partial charge >= 0.3 is 5.97 Å². The number of benzene rings is 5. The molecule has 184 valence electrons. The van der Waals surface area contributed by atoms with E-state index in [0.29, 0.717) is 6.42 Å². The number of hydrogen-bond acceptors (Lipinski definition) is 3. The van der Waals surface area contributed by atoms with Crippen molar-refractivity contribution in [3.05, 3.63) is 154 Å². The molecule has 0 saturated carbocycles. The van der Waals surface area contributed by atoms with E-state index in [1.807, 2.05) is 72.8 Å². The summed E-state index contributed by atoms with van der Waals surface area (Å²) in [6.45, 7) is 0. The lowest BCUT2D eigenvalue weighted by Gasteiger charge is -2.39. The van der Waals surface area contributed by atoms with Crippen LogP contribution in [0.2, 0.25) is 0 Å². The van der Waals surface area contributed by atoms with Crippen LogP contribution >= 0.6 is 15.9 Å². The van der Waals surface area contributed by atoms with Crippen LogP contribution < -0.4 is 5.32 Å². The molecule has 0 saturated heterocycles. The minimum atomic E-state index is -0.784. The summed E-state index contributed by atoms with van der Waals surface area (Å²) in [5.41, 5.74) is 3.42. The highest BCUT2D eigenvalue weighted by Crippen LogP contribution is 2.38. The number of carbonyl (C=O) groups excluding carboxylic acids is 1. The smallest absolute Gasteiger partial charge is 0.323 e. The predicted molar refractivity (Wildman–Crippen MR) is 153 cm³/mol. The molecular formula is C33H28BrNO2. The van der Waals surface area contributed by atoms with Gasteiger partial charge in [0.15, 0.2) is 0 Å². The lowest BCUT2D eigenvalue weighted by molar-refractivity contribution is -0.143. The van der Waals surface area contributed by atoms with Crippen molar-refractivity contribution in [1.82, 2.24) is 5.32 Å². The van der Waals surface area contributed by atoms with Gasteiger partial charge in [0, 0.05) is 4.47 Å². The first-order chi connectivity index (χ1) is 18.1. The third-order valence-electron chi connectivity index (χ3n) is 6.88. The first-order valence-corrected chi connectivity index (χ1v) is 13.1. The molecule has 5 aromatic carbocycles. The van der Waals surface area contributed by atoms with E-state index < -0.39 is 11.6 Å². The van der Waals surface area contributed by atoms with Crippen molar-refractivity contribution < 1.29 is 9.53 Å². The third kappa shape index (κ3) is 4.95. The summed E-state index contributed by atoms with van der Waals surface area (Å²) < 4.78 is 6.39. The van der Waals surface area contributed by atoms with Crippen LogP contribution in [0.3, 0.4) is 0 Å². The molecule has 3 nitrogen and oxygen atoms in total. The summed E-state index contributed by atoms with van der Waals surface area (Å²) in [7, 11) is 1.45. The monoisotopic (exact) mass is 549 g/mol. The van der Waals surface area contributed by atoms with Crippen molar-refractivity contribution in [3.8, 4) is 0 Å². The predicted octanol–water partition coefficient (Wildman–Crippen LogP) is 7.27. The average molecular weight is 550 g/mol. The van der Waals surface area contributed by atoms with E-state index in [0.717, 1.165) is 37.5 Å². The first kappa shape index (κ1) is 24.9. The number of esters is 1. The minimum absolute atomic E-state index is 0.306. The number of nitrogens with one attached hydrogen (secondary N) is 1. The van der Waals surface area contributed by atoms with E-state index in [9.17, 15) is 4.79 Å². The lowest BCUT2D eigenvalue weighted by atomic mass is 9.76. The van der Waals surface area contributed by atoms with Crippen LogP contribution in [0.25, 0.3) is 10.8 Å². The second-order valence-corrected chi connectivity index (χ2v) is 9.88. The van der Waals surface area contributed by atoms with E-state index in [-0.39, 0.29) is 5.97 Å². The topological polar surface area (TPSA) is 38.3 Å². The minimum Gasteiger partial charge on any atom is -0.468 e. The van der Waals surface area contributed by atoms with Gasteiger partial charge in [-0.15, -0.1) is 0 Å². The molecule has 0 unspecified atom stereocenters. The second-order valence-electron chi connectivity index (χ2n) is 9.02. The molecule has 0 fully saturated rings. The van der Waals surface area contributed by atoms with Gasteiger partial charge < -0.3 is 4.74 Å². The van der Waals surface area contributed by atoms with Gasteiger partial charge in [-0.1, -0.05) is 137 Å². The highest BCUT2D eigenvalue weighted by molar-refractivity contribution is 9.10.